The predicted molar refractivity (Wildman–Crippen MR) is 154 cm³/mol. The Kier molecular flexibility index (Phi) is 8.79. The number of hydrogen-bond donors (Lipinski definition) is 2. The number of carbonyl (C=O) groups is 3. The molecule has 1 aliphatic rings. The second kappa shape index (κ2) is 12.5. The number of ketones is 1. The fourth-order valence-corrected chi connectivity index (χ4v) is 6.20. The molecular weight excluding hydrogens is 571 g/mol. The van der Waals surface area contributed by atoms with Gasteiger partial charge in [-0.1, -0.05) is 29.8 Å². The Labute approximate surface area is 244 Å². The van der Waals surface area contributed by atoms with Crippen LogP contribution in [-0.2, 0) is 34.3 Å². The maximum atomic E-state index is 15.0. The van der Waals surface area contributed by atoms with E-state index >= 15 is 0 Å². The van der Waals surface area contributed by atoms with Crippen LogP contribution < -0.4 is 5.32 Å². The van der Waals surface area contributed by atoms with Crippen molar-refractivity contribution in [1.82, 2.24) is 14.6 Å². The first-order chi connectivity index (χ1) is 19.7. The molecule has 2 aromatic heterocycles. The summed E-state index contributed by atoms with van der Waals surface area (Å²) < 4.78 is 16.8. The van der Waals surface area contributed by atoms with Gasteiger partial charge in [0.1, 0.15) is 17.4 Å². The van der Waals surface area contributed by atoms with Crippen molar-refractivity contribution in [2.45, 2.75) is 38.1 Å². The summed E-state index contributed by atoms with van der Waals surface area (Å²) in [4.78, 5) is 47.6. The predicted octanol–water partition coefficient (Wildman–Crippen LogP) is 5.58. The minimum absolute atomic E-state index is 0.0408. The Morgan fingerprint density at radius 2 is 2.07 bits per heavy atom. The number of aliphatic carboxylic acids is 1. The molecule has 1 saturated heterocycles. The number of anilines is 1. The molecule has 41 heavy (non-hydrogen) atoms. The zero-order valence-corrected chi connectivity index (χ0v) is 23.8. The monoisotopic (exact) mass is 598 g/mol. The number of amides is 1. The highest BCUT2D eigenvalue weighted by Crippen LogP contribution is 2.35. The Morgan fingerprint density at radius 1 is 1.27 bits per heavy atom. The third kappa shape index (κ3) is 6.65. The summed E-state index contributed by atoms with van der Waals surface area (Å²) in [5, 5.41) is 15.0. The first-order valence-electron chi connectivity index (χ1n) is 13.1. The quantitative estimate of drug-likeness (QED) is 0.232. The summed E-state index contributed by atoms with van der Waals surface area (Å²) in [7, 11) is 1.84. The maximum absolute atomic E-state index is 15.0. The highest BCUT2D eigenvalue weighted by atomic mass is 35.5. The Balaban J connectivity index is 1.18. The number of aryl methyl sites for hydroxylation is 2. The molecule has 0 saturated carbocycles. The molecule has 9 nitrogen and oxygen atoms in total. The summed E-state index contributed by atoms with van der Waals surface area (Å²) in [5.41, 5.74) is 1.54. The van der Waals surface area contributed by atoms with Gasteiger partial charge in [-0.15, -0.1) is 11.3 Å². The third-order valence-electron chi connectivity index (χ3n) is 6.95. The first-order valence-corrected chi connectivity index (χ1v) is 14.3. The number of thiazole rings is 1. The lowest BCUT2D eigenvalue weighted by molar-refractivity contribution is -0.176. The average molecular weight is 599 g/mol. The van der Waals surface area contributed by atoms with Crippen molar-refractivity contribution >= 4 is 57.2 Å². The fourth-order valence-electron chi connectivity index (χ4n) is 4.91. The van der Waals surface area contributed by atoms with Crippen LogP contribution in [0.5, 0.6) is 0 Å². The number of carboxylic acids is 1. The van der Waals surface area contributed by atoms with Gasteiger partial charge < -0.3 is 15.0 Å². The lowest BCUT2D eigenvalue weighted by Crippen LogP contribution is -2.27. The van der Waals surface area contributed by atoms with Crippen molar-refractivity contribution in [2.75, 3.05) is 18.5 Å². The molecule has 3 heterocycles. The zero-order chi connectivity index (χ0) is 29.1. The lowest BCUT2D eigenvalue weighted by Gasteiger charge is -2.21. The number of carbonyl (C=O) groups excluding carboxylic acids is 2. The van der Waals surface area contributed by atoms with E-state index < -0.39 is 17.7 Å². The van der Waals surface area contributed by atoms with E-state index in [4.69, 9.17) is 21.5 Å². The van der Waals surface area contributed by atoms with Crippen LogP contribution in [0.25, 0.3) is 10.9 Å². The zero-order valence-electron chi connectivity index (χ0n) is 22.2. The molecule has 1 aliphatic heterocycles. The van der Waals surface area contributed by atoms with Gasteiger partial charge in [-0.05, 0) is 43.0 Å². The number of Topliss-reactive ketones (excluding diaryl/α,β-unsaturated/α-hetero) is 1. The SMILES string of the molecule is Cn1cc(C(=O)Nc2cc(F)c(CC(=O)CON3CCC[C@H]3c3ncc(CCC(=O)O)s3)cc2Cl)c2ccccc21. The first kappa shape index (κ1) is 28.9. The summed E-state index contributed by atoms with van der Waals surface area (Å²) >= 11 is 7.82. The van der Waals surface area contributed by atoms with Gasteiger partial charge in [-0.3, -0.25) is 19.2 Å². The standard InChI is InChI=1S/C29H28ClFN4O5S/c1-34-15-21(20-5-2-3-6-25(20)34)28(39)33-24-13-23(31)17(12-22(24)30)11-18(36)16-40-35-10-4-7-26(35)29-32-14-19(41-29)8-9-27(37)38/h2-3,5-6,12-15,26H,4,7-11,16H2,1H3,(H,33,39)(H,37,38)/t26-/m0/s1. The van der Waals surface area contributed by atoms with Gasteiger partial charge in [-0.2, -0.15) is 5.06 Å². The normalized spacial score (nSPS) is 15.4. The number of para-hydroxylation sites is 1. The van der Waals surface area contributed by atoms with Gasteiger partial charge >= 0.3 is 5.97 Å². The molecule has 214 valence electrons. The largest absolute Gasteiger partial charge is 0.481 e. The highest BCUT2D eigenvalue weighted by Gasteiger charge is 2.30. The number of fused-ring (bicyclic) bond motifs is 1. The molecule has 5 rings (SSSR count). The molecule has 4 aromatic rings. The Hall–Kier alpha value is -3.64. The van der Waals surface area contributed by atoms with E-state index in [1.54, 1.807) is 17.5 Å². The van der Waals surface area contributed by atoms with Crippen LogP contribution in [0.4, 0.5) is 10.1 Å². The molecule has 0 bridgehead atoms. The Bertz CT molecular complexity index is 1620. The summed E-state index contributed by atoms with van der Waals surface area (Å²) in [6, 6.07) is 9.80. The summed E-state index contributed by atoms with van der Waals surface area (Å²) in [5.74, 6) is -2.27. The number of nitrogens with one attached hydrogen (secondary N) is 1. The number of halogens is 2. The smallest absolute Gasteiger partial charge is 0.303 e. The van der Waals surface area contributed by atoms with E-state index in [1.165, 1.54) is 17.4 Å². The molecule has 1 fully saturated rings. The van der Waals surface area contributed by atoms with Crippen molar-refractivity contribution in [3.05, 3.63) is 80.6 Å². The van der Waals surface area contributed by atoms with E-state index in [9.17, 15) is 18.8 Å². The van der Waals surface area contributed by atoms with Crippen LogP contribution in [0.15, 0.2) is 48.8 Å². The highest BCUT2D eigenvalue weighted by molar-refractivity contribution is 7.11. The minimum Gasteiger partial charge on any atom is -0.481 e. The van der Waals surface area contributed by atoms with Gasteiger partial charge in [0.25, 0.3) is 5.91 Å². The second-order valence-electron chi connectivity index (χ2n) is 9.89. The molecule has 12 heteroatoms. The van der Waals surface area contributed by atoms with E-state index in [-0.39, 0.29) is 47.5 Å². The second-order valence-corrected chi connectivity index (χ2v) is 11.4. The average Bonchev–Trinajstić information content (AvgIpc) is 3.68. The maximum Gasteiger partial charge on any atom is 0.303 e. The van der Waals surface area contributed by atoms with Crippen LogP contribution in [0.2, 0.25) is 5.02 Å². The molecule has 2 N–H and O–H groups in total. The molecule has 0 unspecified atom stereocenters. The van der Waals surface area contributed by atoms with E-state index in [0.29, 0.717) is 18.5 Å². The Morgan fingerprint density at radius 3 is 2.88 bits per heavy atom. The number of hydrogen-bond acceptors (Lipinski definition) is 7. The number of nitrogens with zero attached hydrogens (tertiary/aromatic N) is 3. The fraction of sp³-hybridized carbons (Fsp3) is 0.310. The van der Waals surface area contributed by atoms with E-state index in [0.717, 1.165) is 39.7 Å². The molecular formula is C29H28ClFN4O5S. The summed E-state index contributed by atoms with van der Waals surface area (Å²) in [6.07, 6.45) is 5.28. The van der Waals surface area contributed by atoms with Crippen LogP contribution >= 0.6 is 22.9 Å². The number of rotatable bonds is 11. The van der Waals surface area contributed by atoms with Gasteiger partial charge in [-0.25, -0.2) is 9.37 Å². The van der Waals surface area contributed by atoms with Crippen molar-refractivity contribution in [3.8, 4) is 0 Å². The van der Waals surface area contributed by atoms with Crippen molar-refractivity contribution in [1.29, 1.82) is 0 Å². The van der Waals surface area contributed by atoms with Crippen molar-refractivity contribution in [2.24, 2.45) is 7.05 Å². The molecule has 0 radical (unpaired) electrons. The minimum atomic E-state index is -0.859. The topological polar surface area (TPSA) is 114 Å². The van der Waals surface area contributed by atoms with Crippen molar-refractivity contribution in [3.63, 3.8) is 0 Å². The lowest BCUT2D eigenvalue weighted by atomic mass is 10.1. The molecule has 0 spiro atoms. The van der Waals surface area contributed by atoms with Crippen LogP contribution in [0.3, 0.4) is 0 Å². The van der Waals surface area contributed by atoms with Gasteiger partial charge in [0.05, 0.1) is 28.7 Å². The number of carboxylic acid groups (broad SMARTS) is 1. The third-order valence-corrected chi connectivity index (χ3v) is 8.42. The van der Waals surface area contributed by atoms with E-state index in [1.807, 2.05) is 35.9 Å². The van der Waals surface area contributed by atoms with E-state index in [2.05, 4.69) is 10.3 Å². The van der Waals surface area contributed by atoms with Gasteiger partial charge in [0, 0.05) is 48.2 Å². The van der Waals surface area contributed by atoms with Crippen LogP contribution in [0.1, 0.15) is 51.1 Å². The van der Waals surface area contributed by atoms with Crippen LogP contribution in [0, 0.1) is 5.82 Å². The number of aromatic nitrogens is 2. The van der Waals surface area contributed by atoms with Gasteiger partial charge in [0.2, 0.25) is 0 Å². The van der Waals surface area contributed by atoms with Gasteiger partial charge in [0.15, 0.2) is 5.78 Å². The molecule has 1 atom stereocenters. The van der Waals surface area contributed by atoms with Crippen LogP contribution in [-0.4, -0.2) is 50.5 Å². The van der Waals surface area contributed by atoms with Crippen molar-refractivity contribution < 1.29 is 28.7 Å². The number of benzene rings is 2. The molecule has 1 amide bonds. The summed E-state index contributed by atoms with van der Waals surface area (Å²) in [6.45, 7) is 0.373. The molecule has 2 aromatic carbocycles. The molecule has 0 aliphatic carbocycles. The number of hydroxylamine groups is 2.